The highest BCUT2D eigenvalue weighted by Gasteiger charge is 2.00. The normalized spacial score (nSPS) is 10.6. The number of benzene rings is 2. The Hall–Kier alpha value is -1.90. The average molecular weight is 379 g/mol. The summed E-state index contributed by atoms with van der Waals surface area (Å²) in [5.41, 5.74) is 2.12. The molecule has 0 saturated heterocycles. The maximum absolute atomic E-state index is 5.83. The van der Waals surface area contributed by atoms with E-state index in [0.29, 0.717) is 10.0 Å². The second kappa shape index (κ2) is 11.6. The van der Waals surface area contributed by atoms with Crippen molar-refractivity contribution >= 4 is 35.4 Å². The topological polar surface area (TPSA) is 18.5 Å². The third-order valence-corrected chi connectivity index (χ3v) is 4.01. The molecule has 4 heteroatoms. The fraction of sp³-hybridized carbons (Fsp3) is 0.238. The van der Waals surface area contributed by atoms with E-state index in [9.17, 15) is 0 Å². The Morgan fingerprint density at radius 1 is 0.920 bits per heavy atom. The van der Waals surface area contributed by atoms with Crippen LogP contribution in [0.5, 0.6) is 11.5 Å². The van der Waals surface area contributed by atoms with Gasteiger partial charge in [-0.15, -0.1) is 0 Å². The van der Waals surface area contributed by atoms with Crippen LogP contribution < -0.4 is 9.47 Å². The van der Waals surface area contributed by atoms with Crippen molar-refractivity contribution in [3.63, 3.8) is 0 Å². The summed E-state index contributed by atoms with van der Waals surface area (Å²) >= 11 is 11.6. The van der Waals surface area contributed by atoms with Gasteiger partial charge < -0.3 is 9.47 Å². The van der Waals surface area contributed by atoms with Crippen LogP contribution in [0.1, 0.15) is 31.4 Å². The molecule has 0 fully saturated rings. The van der Waals surface area contributed by atoms with Crippen LogP contribution in [0.25, 0.3) is 12.2 Å². The summed E-state index contributed by atoms with van der Waals surface area (Å²) < 4.78 is 10.3. The number of methoxy groups -OCH3 is 2. The van der Waals surface area contributed by atoms with E-state index in [0.717, 1.165) is 29.0 Å². The molecule has 0 N–H and O–H groups in total. The first-order valence-electron chi connectivity index (χ1n) is 8.02. The maximum atomic E-state index is 5.83. The zero-order chi connectivity index (χ0) is 18.7. The number of hydrogen-bond acceptors (Lipinski definition) is 2. The van der Waals surface area contributed by atoms with Crippen LogP contribution in [0.2, 0.25) is 10.0 Å². The molecule has 0 radical (unpaired) electrons. The Kier molecular flexibility index (Phi) is 9.83. The van der Waals surface area contributed by atoms with Gasteiger partial charge in [0, 0.05) is 5.56 Å². The summed E-state index contributed by atoms with van der Waals surface area (Å²) in [5, 5.41) is 1.21. The van der Waals surface area contributed by atoms with Crippen LogP contribution >= 0.6 is 23.2 Å². The standard InChI is InChI=1S/C11H14O2.C10H10Cl2/c1-4-5-9-8-10(12-2)6-7-11(9)13-3;1-2-3-4-8-5-6-9(11)10(12)7-8/h4-8H,1-3H3;3-7H,2H2,1H3/b5-4+;4-3+. The van der Waals surface area contributed by atoms with E-state index in [4.69, 9.17) is 32.7 Å². The van der Waals surface area contributed by atoms with Crippen LogP contribution in [0.4, 0.5) is 0 Å². The van der Waals surface area contributed by atoms with Crippen molar-refractivity contribution in [2.24, 2.45) is 0 Å². The van der Waals surface area contributed by atoms with E-state index < -0.39 is 0 Å². The Morgan fingerprint density at radius 2 is 1.68 bits per heavy atom. The Bertz CT molecular complexity index is 722. The van der Waals surface area contributed by atoms with E-state index in [1.165, 1.54) is 0 Å². The quantitative estimate of drug-likeness (QED) is 0.549. The molecule has 0 aromatic heterocycles. The van der Waals surface area contributed by atoms with Gasteiger partial charge in [-0.1, -0.05) is 60.5 Å². The first-order chi connectivity index (χ1) is 12.0. The number of hydrogen-bond donors (Lipinski definition) is 0. The van der Waals surface area contributed by atoms with Gasteiger partial charge in [0.25, 0.3) is 0 Å². The van der Waals surface area contributed by atoms with Gasteiger partial charge in [0.15, 0.2) is 0 Å². The van der Waals surface area contributed by atoms with Gasteiger partial charge in [-0.25, -0.2) is 0 Å². The van der Waals surface area contributed by atoms with Gasteiger partial charge in [-0.3, -0.25) is 0 Å². The zero-order valence-electron chi connectivity index (χ0n) is 15.1. The molecule has 0 heterocycles. The van der Waals surface area contributed by atoms with Crippen molar-refractivity contribution in [1.29, 1.82) is 0 Å². The minimum atomic E-state index is 0.602. The molecule has 0 spiro atoms. The third-order valence-electron chi connectivity index (χ3n) is 3.27. The van der Waals surface area contributed by atoms with Gasteiger partial charge in [-0.05, 0) is 49.2 Å². The van der Waals surface area contributed by atoms with E-state index in [2.05, 4.69) is 13.0 Å². The van der Waals surface area contributed by atoms with Crippen molar-refractivity contribution in [2.45, 2.75) is 20.3 Å². The molecule has 134 valence electrons. The molecule has 2 rings (SSSR count). The number of rotatable bonds is 5. The van der Waals surface area contributed by atoms with Crippen LogP contribution in [-0.2, 0) is 0 Å². The largest absolute Gasteiger partial charge is 0.497 e. The first kappa shape index (κ1) is 21.1. The summed E-state index contributed by atoms with van der Waals surface area (Å²) in [6, 6.07) is 11.3. The molecular formula is C21H24Cl2O2. The molecular weight excluding hydrogens is 355 g/mol. The lowest BCUT2D eigenvalue weighted by atomic mass is 10.2. The highest BCUT2D eigenvalue weighted by atomic mass is 35.5. The van der Waals surface area contributed by atoms with Crippen LogP contribution in [0.3, 0.4) is 0 Å². The van der Waals surface area contributed by atoms with E-state index in [1.807, 2.05) is 55.5 Å². The molecule has 0 amide bonds. The second-order valence-corrected chi connectivity index (χ2v) is 5.91. The summed E-state index contributed by atoms with van der Waals surface area (Å²) in [4.78, 5) is 0. The minimum Gasteiger partial charge on any atom is -0.497 e. The Balaban J connectivity index is 0.000000251. The molecule has 0 bridgehead atoms. The monoisotopic (exact) mass is 378 g/mol. The van der Waals surface area contributed by atoms with Gasteiger partial charge >= 0.3 is 0 Å². The predicted molar refractivity (Wildman–Crippen MR) is 110 cm³/mol. The van der Waals surface area contributed by atoms with Crippen molar-refractivity contribution in [3.8, 4) is 11.5 Å². The van der Waals surface area contributed by atoms with Gasteiger partial charge in [0.2, 0.25) is 0 Å². The summed E-state index contributed by atoms with van der Waals surface area (Å²) in [6.07, 6.45) is 9.10. The number of ether oxygens (including phenoxy) is 2. The first-order valence-corrected chi connectivity index (χ1v) is 8.77. The molecule has 0 unspecified atom stereocenters. The van der Waals surface area contributed by atoms with Gasteiger partial charge in [-0.2, -0.15) is 0 Å². The van der Waals surface area contributed by atoms with Crippen molar-refractivity contribution in [2.75, 3.05) is 14.2 Å². The molecule has 2 nitrogen and oxygen atoms in total. The molecule has 0 aliphatic carbocycles. The van der Waals surface area contributed by atoms with E-state index >= 15 is 0 Å². The van der Waals surface area contributed by atoms with Crippen LogP contribution in [0.15, 0.2) is 48.6 Å². The lowest BCUT2D eigenvalue weighted by Crippen LogP contribution is -1.88. The van der Waals surface area contributed by atoms with Crippen LogP contribution in [-0.4, -0.2) is 14.2 Å². The summed E-state index contributed by atoms with van der Waals surface area (Å²) in [6.45, 7) is 4.06. The zero-order valence-corrected chi connectivity index (χ0v) is 16.6. The fourth-order valence-corrected chi connectivity index (χ4v) is 2.33. The summed E-state index contributed by atoms with van der Waals surface area (Å²) in [5.74, 6) is 1.70. The molecule has 2 aromatic rings. The van der Waals surface area contributed by atoms with Gasteiger partial charge in [0.1, 0.15) is 11.5 Å². The fourth-order valence-electron chi connectivity index (χ4n) is 2.02. The third kappa shape index (κ3) is 7.25. The van der Waals surface area contributed by atoms with Crippen molar-refractivity contribution in [1.82, 2.24) is 0 Å². The maximum Gasteiger partial charge on any atom is 0.126 e. The van der Waals surface area contributed by atoms with Crippen LogP contribution in [0, 0.1) is 0 Å². The Morgan fingerprint density at radius 3 is 2.24 bits per heavy atom. The summed E-state index contributed by atoms with van der Waals surface area (Å²) in [7, 11) is 3.32. The van der Waals surface area contributed by atoms with Gasteiger partial charge in [0.05, 0.1) is 24.3 Å². The molecule has 0 saturated carbocycles. The highest BCUT2D eigenvalue weighted by Crippen LogP contribution is 2.25. The predicted octanol–water partition coefficient (Wildman–Crippen LogP) is 7.15. The Labute approximate surface area is 160 Å². The van der Waals surface area contributed by atoms with E-state index in [-0.39, 0.29) is 0 Å². The highest BCUT2D eigenvalue weighted by molar-refractivity contribution is 6.42. The average Bonchev–Trinajstić information content (AvgIpc) is 2.63. The second-order valence-electron chi connectivity index (χ2n) is 5.09. The molecule has 2 aromatic carbocycles. The van der Waals surface area contributed by atoms with Crippen molar-refractivity contribution in [3.05, 3.63) is 69.7 Å². The molecule has 0 aliphatic heterocycles. The molecule has 25 heavy (non-hydrogen) atoms. The minimum absolute atomic E-state index is 0.602. The number of allylic oxidation sites excluding steroid dienone is 2. The number of halogens is 2. The smallest absolute Gasteiger partial charge is 0.126 e. The molecule has 0 aliphatic rings. The lowest BCUT2D eigenvalue weighted by Gasteiger charge is -2.06. The van der Waals surface area contributed by atoms with Crippen molar-refractivity contribution < 1.29 is 9.47 Å². The lowest BCUT2D eigenvalue weighted by molar-refractivity contribution is 0.402. The SMILES string of the molecule is C/C=C/c1cc(OC)ccc1OC.CC/C=C/c1ccc(Cl)c(Cl)c1. The molecule has 0 atom stereocenters. The van der Waals surface area contributed by atoms with E-state index in [1.54, 1.807) is 20.3 Å².